The van der Waals surface area contributed by atoms with E-state index in [2.05, 4.69) is 22.0 Å². The molecule has 3 rings (SSSR count). The number of likely N-dealkylation sites (tertiary alicyclic amines) is 2. The lowest BCUT2D eigenvalue weighted by Gasteiger charge is -2.32. The zero-order chi connectivity index (χ0) is 20.6. The van der Waals surface area contributed by atoms with Crippen LogP contribution in [0.25, 0.3) is 0 Å². The van der Waals surface area contributed by atoms with Gasteiger partial charge in [0.15, 0.2) is 0 Å². The Morgan fingerprint density at radius 2 is 2.03 bits per heavy atom. The molecule has 0 aromatic heterocycles. The Kier molecular flexibility index (Phi) is 8.19. The number of methoxy groups -OCH3 is 1. The van der Waals surface area contributed by atoms with Crippen molar-refractivity contribution >= 4 is 5.91 Å². The number of amides is 1. The third kappa shape index (κ3) is 6.34. The number of nitrogens with zero attached hydrogens (tertiary/aromatic N) is 2. The quantitative estimate of drug-likeness (QED) is 0.664. The summed E-state index contributed by atoms with van der Waals surface area (Å²) in [6.45, 7) is 8.01. The number of nitrogens with one attached hydrogen (secondary N) is 1. The average molecular weight is 404 g/mol. The third-order valence-corrected chi connectivity index (χ3v) is 6.61. The maximum atomic E-state index is 12.3. The van der Waals surface area contributed by atoms with Crippen molar-refractivity contribution in [3.05, 3.63) is 23.8 Å². The summed E-state index contributed by atoms with van der Waals surface area (Å²) in [7, 11) is 1.64. The number of hydrogen-bond acceptors (Lipinski definition) is 5. The molecule has 1 atom stereocenters. The van der Waals surface area contributed by atoms with Crippen molar-refractivity contribution in [2.75, 3.05) is 39.8 Å². The van der Waals surface area contributed by atoms with Crippen LogP contribution >= 0.6 is 0 Å². The van der Waals surface area contributed by atoms with Crippen molar-refractivity contribution in [1.29, 1.82) is 0 Å². The van der Waals surface area contributed by atoms with Gasteiger partial charge in [-0.1, -0.05) is 6.92 Å². The van der Waals surface area contributed by atoms with Crippen LogP contribution in [0.2, 0.25) is 0 Å². The van der Waals surface area contributed by atoms with E-state index in [1.165, 1.54) is 19.4 Å². The first kappa shape index (κ1) is 21.9. The molecule has 0 unspecified atom stereocenters. The minimum Gasteiger partial charge on any atom is -0.508 e. The van der Waals surface area contributed by atoms with Crippen LogP contribution in [0, 0.1) is 5.92 Å². The van der Waals surface area contributed by atoms with Crippen molar-refractivity contribution in [2.24, 2.45) is 5.92 Å². The Morgan fingerprint density at radius 1 is 1.24 bits per heavy atom. The van der Waals surface area contributed by atoms with E-state index < -0.39 is 0 Å². The normalized spacial score (nSPS) is 21.4. The van der Waals surface area contributed by atoms with E-state index in [4.69, 9.17) is 4.74 Å². The molecule has 2 N–H and O–H groups in total. The van der Waals surface area contributed by atoms with Crippen LogP contribution in [0.15, 0.2) is 18.2 Å². The highest BCUT2D eigenvalue weighted by Gasteiger charge is 2.24. The van der Waals surface area contributed by atoms with Crippen LogP contribution in [0.1, 0.15) is 51.0 Å². The summed E-state index contributed by atoms with van der Waals surface area (Å²) in [4.78, 5) is 17.1. The number of rotatable bonds is 9. The number of phenols is 1. The van der Waals surface area contributed by atoms with Crippen molar-refractivity contribution in [2.45, 2.75) is 58.0 Å². The second kappa shape index (κ2) is 10.8. The number of phenolic OH excluding ortho intramolecular Hbond substituents is 1. The summed E-state index contributed by atoms with van der Waals surface area (Å²) in [5.41, 5.74) is 0.912. The molecule has 6 heteroatoms. The molecule has 2 fully saturated rings. The Balaban J connectivity index is 1.34. The molecule has 0 bridgehead atoms. The molecule has 6 nitrogen and oxygen atoms in total. The molecule has 0 saturated carbocycles. The summed E-state index contributed by atoms with van der Waals surface area (Å²) >= 11 is 0. The van der Waals surface area contributed by atoms with Gasteiger partial charge in [-0.2, -0.15) is 0 Å². The van der Waals surface area contributed by atoms with Crippen molar-refractivity contribution < 1.29 is 14.6 Å². The Labute approximate surface area is 175 Å². The molecule has 29 heavy (non-hydrogen) atoms. The van der Waals surface area contributed by atoms with E-state index in [1.54, 1.807) is 19.2 Å². The largest absolute Gasteiger partial charge is 0.508 e. The smallest absolute Gasteiger partial charge is 0.220 e. The van der Waals surface area contributed by atoms with Crippen LogP contribution in [0.5, 0.6) is 11.5 Å². The maximum Gasteiger partial charge on any atom is 0.220 e. The molecule has 1 aromatic carbocycles. The topological polar surface area (TPSA) is 65.0 Å². The SMILES string of the molecule is CCN1CCC[C@@H]1CNC(=O)CCC1CCN(Cc2cc(OC)ccc2O)CC1. The molecule has 2 aliphatic heterocycles. The number of aromatic hydroxyl groups is 1. The zero-order valence-electron chi connectivity index (χ0n) is 18.0. The van der Waals surface area contributed by atoms with Crippen LogP contribution in [-0.4, -0.2) is 66.7 Å². The lowest BCUT2D eigenvalue weighted by Crippen LogP contribution is -2.40. The molecule has 1 aromatic rings. The van der Waals surface area contributed by atoms with E-state index in [-0.39, 0.29) is 5.91 Å². The van der Waals surface area contributed by atoms with Gasteiger partial charge in [-0.3, -0.25) is 14.6 Å². The molecular weight excluding hydrogens is 366 g/mol. The molecule has 0 spiro atoms. The monoisotopic (exact) mass is 403 g/mol. The summed E-state index contributed by atoms with van der Waals surface area (Å²) in [6.07, 6.45) is 6.30. The fraction of sp³-hybridized carbons (Fsp3) is 0.696. The molecule has 0 radical (unpaired) electrons. The highest BCUT2D eigenvalue weighted by molar-refractivity contribution is 5.75. The first-order valence-electron chi connectivity index (χ1n) is 11.2. The molecular formula is C23H37N3O3. The predicted octanol–water partition coefficient (Wildman–Crippen LogP) is 2.99. The van der Waals surface area contributed by atoms with Gasteiger partial charge in [0.1, 0.15) is 11.5 Å². The molecule has 2 saturated heterocycles. The summed E-state index contributed by atoms with van der Waals surface area (Å²) in [6, 6.07) is 5.92. The average Bonchev–Trinajstić information content (AvgIpc) is 3.21. The number of carbonyl (C=O) groups is 1. The van der Waals surface area contributed by atoms with E-state index in [9.17, 15) is 9.90 Å². The number of carbonyl (C=O) groups excluding carboxylic acids is 1. The minimum atomic E-state index is 0.205. The second-order valence-electron chi connectivity index (χ2n) is 8.48. The fourth-order valence-corrected chi connectivity index (χ4v) is 4.69. The van der Waals surface area contributed by atoms with Gasteiger partial charge in [0, 0.05) is 31.1 Å². The van der Waals surface area contributed by atoms with Crippen LogP contribution in [0.4, 0.5) is 0 Å². The fourth-order valence-electron chi connectivity index (χ4n) is 4.69. The van der Waals surface area contributed by atoms with E-state index in [0.29, 0.717) is 24.1 Å². The number of benzene rings is 1. The van der Waals surface area contributed by atoms with Gasteiger partial charge in [-0.15, -0.1) is 0 Å². The number of ether oxygens (including phenoxy) is 1. The van der Waals surface area contributed by atoms with Gasteiger partial charge >= 0.3 is 0 Å². The molecule has 1 amide bonds. The molecule has 2 heterocycles. The van der Waals surface area contributed by atoms with Crippen molar-refractivity contribution in [3.63, 3.8) is 0 Å². The molecule has 2 aliphatic rings. The van der Waals surface area contributed by atoms with E-state index >= 15 is 0 Å². The lowest BCUT2D eigenvalue weighted by atomic mass is 9.91. The molecule has 0 aliphatic carbocycles. The molecule has 162 valence electrons. The van der Waals surface area contributed by atoms with Gasteiger partial charge in [0.05, 0.1) is 7.11 Å². The highest BCUT2D eigenvalue weighted by atomic mass is 16.5. The summed E-state index contributed by atoms with van der Waals surface area (Å²) < 4.78 is 5.26. The minimum absolute atomic E-state index is 0.205. The summed E-state index contributed by atoms with van der Waals surface area (Å²) in [5, 5.41) is 13.2. The van der Waals surface area contributed by atoms with E-state index in [0.717, 1.165) is 63.3 Å². The van der Waals surface area contributed by atoms with Gasteiger partial charge in [-0.25, -0.2) is 0 Å². The standard InChI is InChI=1S/C23H37N3O3/c1-3-26-12-4-5-20(26)16-24-23(28)9-6-18-10-13-25(14-11-18)17-19-15-21(29-2)7-8-22(19)27/h7-8,15,18,20,27H,3-6,9-14,16-17H2,1-2H3,(H,24,28)/t20-/m1/s1. The maximum absolute atomic E-state index is 12.3. The zero-order valence-corrected chi connectivity index (χ0v) is 18.0. The van der Waals surface area contributed by atoms with E-state index in [1.807, 2.05) is 6.07 Å². The highest BCUT2D eigenvalue weighted by Crippen LogP contribution is 2.27. The van der Waals surface area contributed by atoms with Crippen molar-refractivity contribution in [1.82, 2.24) is 15.1 Å². The summed E-state index contributed by atoms with van der Waals surface area (Å²) in [5.74, 6) is 1.93. The van der Waals surface area contributed by atoms with Crippen LogP contribution < -0.4 is 10.1 Å². The first-order valence-corrected chi connectivity index (χ1v) is 11.2. The number of piperidine rings is 1. The van der Waals surface area contributed by atoms with Gasteiger partial charge in [-0.05, 0) is 82.4 Å². The lowest BCUT2D eigenvalue weighted by molar-refractivity contribution is -0.121. The third-order valence-electron chi connectivity index (χ3n) is 6.61. The number of likely N-dealkylation sites (N-methyl/N-ethyl adjacent to an activating group) is 1. The van der Waals surface area contributed by atoms with Gasteiger partial charge in [0.25, 0.3) is 0 Å². The second-order valence-corrected chi connectivity index (χ2v) is 8.48. The predicted molar refractivity (Wildman–Crippen MR) is 115 cm³/mol. The number of hydrogen-bond donors (Lipinski definition) is 2. The first-order chi connectivity index (χ1) is 14.1. The van der Waals surface area contributed by atoms with Crippen LogP contribution in [-0.2, 0) is 11.3 Å². The Bertz CT molecular complexity index is 659. The van der Waals surface area contributed by atoms with Gasteiger partial charge in [0.2, 0.25) is 5.91 Å². The van der Waals surface area contributed by atoms with Crippen molar-refractivity contribution in [3.8, 4) is 11.5 Å². The Hall–Kier alpha value is -1.79. The van der Waals surface area contributed by atoms with Crippen LogP contribution in [0.3, 0.4) is 0 Å². The Morgan fingerprint density at radius 3 is 2.76 bits per heavy atom. The van der Waals surface area contributed by atoms with Gasteiger partial charge < -0.3 is 15.2 Å².